The van der Waals surface area contributed by atoms with Crippen LogP contribution in [0.2, 0.25) is 5.02 Å². The van der Waals surface area contributed by atoms with E-state index in [1.807, 2.05) is 0 Å². The Morgan fingerprint density at radius 2 is 2.07 bits per heavy atom. The zero-order valence-electron chi connectivity index (χ0n) is 7.06. The second kappa shape index (κ2) is 4.75. The van der Waals surface area contributed by atoms with Crippen LogP contribution in [0.25, 0.3) is 0 Å². The molecule has 0 heterocycles. The maximum Gasteiger partial charge on any atom is 0.307 e. The fourth-order valence-electron chi connectivity index (χ4n) is 1.10. The van der Waals surface area contributed by atoms with Crippen LogP contribution in [0, 0.1) is 5.82 Å². The lowest BCUT2D eigenvalue weighted by molar-refractivity contribution is -0.136. The van der Waals surface area contributed by atoms with Crippen molar-refractivity contribution in [1.29, 1.82) is 0 Å². The quantitative estimate of drug-likeness (QED) is 0.865. The summed E-state index contributed by atoms with van der Waals surface area (Å²) in [5, 5.41) is 9.26. The molecule has 0 amide bonds. The Morgan fingerprint density at radius 3 is 2.57 bits per heavy atom. The van der Waals surface area contributed by atoms with Gasteiger partial charge in [0.25, 0.3) is 0 Å². The van der Waals surface area contributed by atoms with Crippen molar-refractivity contribution in [2.75, 3.05) is 0 Å². The number of halogens is 3. The van der Waals surface area contributed by atoms with E-state index in [1.165, 1.54) is 6.07 Å². The van der Waals surface area contributed by atoms with Crippen LogP contribution < -0.4 is 0 Å². The monoisotopic (exact) mass is 280 g/mol. The molecule has 1 rings (SSSR count). The van der Waals surface area contributed by atoms with Crippen molar-refractivity contribution in [3.8, 4) is 0 Å². The van der Waals surface area contributed by atoms with Crippen molar-refractivity contribution in [3.05, 3.63) is 34.1 Å². The Kier molecular flexibility index (Phi) is 3.89. The fourth-order valence-corrected chi connectivity index (χ4v) is 1.94. The topological polar surface area (TPSA) is 37.3 Å². The summed E-state index contributed by atoms with van der Waals surface area (Å²) in [4.78, 5) is 10.4. The molecule has 0 saturated carbocycles. The van der Waals surface area contributed by atoms with Crippen LogP contribution in [0.5, 0.6) is 0 Å². The first-order chi connectivity index (χ1) is 6.54. The first-order valence-corrected chi connectivity index (χ1v) is 5.29. The number of benzene rings is 1. The minimum absolute atomic E-state index is 0.267. The van der Waals surface area contributed by atoms with Crippen molar-refractivity contribution < 1.29 is 14.3 Å². The summed E-state index contributed by atoms with van der Waals surface area (Å²) in [5.74, 6) is -1.50. The predicted octanol–water partition coefficient (Wildman–Crippen LogP) is 3.00. The smallest absolute Gasteiger partial charge is 0.307 e. The SMILES string of the molecule is O=C(O)Cc1cc(F)cc(CBr)c1Cl. The van der Waals surface area contributed by atoms with E-state index >= 15 is 0 Å². The standard InChI is InChI=1S/C9H7BrClFO2/c10-4-6-2-7(12)1-5(9(6)11)3-8(13)14/h1-2H,3-4H2,(H,13,14). The summed E-state index contributed by atoms with van der Waals surface area (Å²) in [6, 6.07) is 2.42. The average Bonchev–Trinajstić information content (AvgIpc) is 2.09. The van der Waals surface area contributed by atoms with Gasteiger partial charge < -0.3 is 5.11 Å². The molecular weight excluding hydrogens is 274 g/mol. The number of hydrogen-bond donors (Lipinski definition) is 1. The Labute approximate surface area is 93.8 Å². The summed E-state index contributed by atoms with van der Waals surface area (Å²) in [7, 11) is 0. The van der Waals surface area contributed by atoms with Crippen LogP contribution in [0.4, 0.5) is 4.39 Å². The number of carboxylic acid groups (broad SMARTS) is 1. The molecule has 0 fully saturated rings. The Balaban J connectivity index is 3.15. The lowest BCUT2D eigenvalue weighted by atomic mass is 10.1. The average molecular weight is 282 g/mol. The molecule has 0 atom stereocenters. The van der Waals surface area contributed by atoms with Gasteiger partial charge in [-0.15, -0.1) is 0 Å². The molecule has 5 heteroatoms. The van der Waals surface area contributed by atoms with Gasteiger partial charge in [0.15, 0.2) is 0 Å². The minimum Gasteiger partial charge on any atom is -0.481 e. The number of carboxylic acids is 1. The van der Waals surface area contributed by atoms with Crippen LogP contribution in [-0.4, -0.2) is 11.1 Å². The third kappa shape index (κ3) is 2.69. The van der Waals surface area contributed by atoms with Gasteiger partial charge in [-0.2, -0.15) is 0 Å². The first kappa shape index (κ1) is 11.5. The van der Waals surface area contributed by atoms with Gasteiger partial charge in [0.1, 0.15) is 5.82 Å². The maximum atomic E-state index is 13.0. The van der Waals surface area contributed by atoms with Crippen molar-refractivity contribution in [3.63, 3.8) is 0 Å². The van der Waals surface area contributed by atoms with Gasteiger partial charge in [0, 0.05) is 10.4 Å². The molecule has 0 saturated heterocycles. The van der Waals surface area contributed by atoms with Gasteiger partial charge in [-0.05, 0) is 23.3 Å². The Hall–Kier alpha value is -0.610. The van der Waals surface area contributed by atoms with Crippen LogP contribution in [0.1, 0.15) is 11.1 Å². The molecule has 14 heavy (non-hydrogen) atoms. The Morgan fingerprint density at radius 1 is 1.50 bits per heavy atom. The van der Waals surface area contributed by atoms with E-state index < -0.39 is 11.8 Å². The molecule has 0 aliphatic heterocycles. The highest BCUT2D eigenvalue weighted by atomic mass is 79.9. The van der Waals surface area contributed by atoms with Crippen LogP contribution >= 0.6 is 27.5 Å². The van der Waals surface area contributed by atoms with E-state index in [-0.39, 0.29) is 6.42 Å². The van der Waals surface area contributed by atoms with Gasteiger partial charge in [0.2, 0.25) is 0 Å². The molecule has 0 radical (unpaired) electrons. The minimum atomic E-state index is -1.03. The van der Waals surface area contributed by atoms with E-state index in [2.05, 4.69) is 15.9 Å². The predicted molar refractivity (Wildman–Crippen MR) is 55.4 cm³/mol. The number of rotatable bonds is 3. The highest BCUT2D eigenvalue weighted by Gasteiger charge is 2.11. The largest absolute Gasteiger partial charge is 0.481 e. The van der Waals surface area contributed by atoms with E-state index in [0.29, 0.717) is 21.5 Å². The molecule has 0 aliphatic rings. The molecule has 0 unspecified atom stereocenters. The molecule has 0 spiro atoms. The van der Waals surface area contributed by atoms with Crippen molar-refractivity contribution in [2.24, 2.45) is 0 Å². The van der Waals surface area contributed by atoms with Crippen LogP contribution in [0.3, 0.4) is 0 Å². The summed E-state index contributed by atoms with van der Waals surface area (Å²) < 4.78 is 13.0. The first-order valence-electron chi connectivity index (χ1n) is 3.79. The lowest BCUT2D eigenvalue weighted by Gasteiger charge is -2.06. The normalized spacial score (nSPS) is 10.2. The van der Waals surface area contributed by atoms with Crippen LogP contribution in [0.15, 0.2) is 12.1 Å². The number of hydrogen-bond acceptors (Lipinski definition) is 1. The van der Waals surface area contributed by atoms with Gasteiger partial charge in [0.05, 0.1) is 6.42 Å². The van der Waals surface area contributed by atoms with Gasteiger partial charge in [-0.25, -0.2) is 4.39 Å². The molecule has 1 aromatic rings. The van der Waals surface area contributed by atoms with E-state index in [4.69, 9.17) is 16.7 Å². The van der Waals surface area contributed by atoms with Gasteiger partial charge >= 0.3 is 5.97 Å². The molecule has 0 aromatic heterocycles. The maximum absolute atomic E-state index is 13.0. The Bertz CT molecular complexity index is 368. The number of carbonyl (C=O) groups is 1. The number of aliphatic carboxylic acids is 1. The van der Waals surface area contributed by atoms with Crippen LogP contribution in [-0.2, 0) is 16.5 Å². The molecule has 0 aliphatic carbocycles. The second-order valence-electron chi connectivity index (χ2n) is 2.74. The number of alkyl halides is 1. The third-order valence-corrected chi connectivity index (χ3v) is 2.76. The summed E-state index contributed by atoms with van der Waals surface area (Å²) in [5.41, 5.74) is 0.858. The van der Waals surface area contributed by atoms with E-state index in [0.717, 1.165) is 6.07 Å². The summed E-state index contributed by atoms with van der Waals surface area (Å²) in [6.07, 6.45) is -0.267. The lowest BCUT2D eigenvalue weighted by Crippen LogP contribution is -2.02. The molecule has 1 N–H and O–H groups in total. The summed E-state index contributed by atoms with van der Waals surface area (Å²) >= 11 is 9.01. The summed E-state index contributed by atoms with van der Waals surface area (Å²) in [6.45, 7) is 0. The molecule has 1 aromatic carbocycles. The second-order valence-corrected chi connectivity index (χ2v) is 3.68. The van der Waals surface area contributed by atoms with Gasteiger partial charge in [-0.3, -0.25) is 4.79 Å². The fraction of sp³-hybridized carbons (Fsp3) is 0.222. The van der Waals surface area contributed by atoms with Crippen molar-refractivity contribution >= 4 is 33.5 Å². The molecule has 0 bridgehead atoms. The van der Waals surface area contributed by atoms with E-state index in [1.54, 1.807) is 0 Å². The highest BCUT2D eigenvalue weighted by molar-refractivity contribution is 9.08. The zero-order valence-corrected chi connectivity index (χ0v) is 9.40. The highest BCUT2D eigenvalue weighted by Crippen LogP contribution is 2.25. The molecule has 76 valence electrons. The van der Waals surface area contributed by atoms with E-state index in [9.17, 15) is 9.18 Å². The van der Waals surface area contributed by atoms with Crippen molar-refractivity contribution in [1.82, 2.24) is 0 Å². The van der Waals surface area contributed by atoms with Gasteiger partial charge in [-0.1, -0.05) is 27.5 Å². The van der Waals surface area contributed by atoms with Crippen molar-refractivity contribution in [2.45, 2.75) is 11.8 Å². The third-order valence-electron chi connectivity index (χ3n) is 1.67. The molecule has 2 nitrogen and oxygen atoms in total. The zero-order chi connectivity index (χ0) is 10.7. The molecular formula is C9H7BrClFO2.